The van der Waals surface area contributed by atoms with Gasteiger partial charge in [0.2, 0.25) is 8.32 Å². The molecule has 0 saturated heterocycles. The van der Waals surface area contributed by atoms with E-state index >= 15 is 0 Å². The highest BCUT2D eigenvalue weighted by Crippen LogP contribution is 2.31. The Balaban J connectivity index is 2.98. The molecule has 0 radical (unpaired) electrons. The second-order valence-corrected chi connectivity index (χ2v) is 11.6. The fourth-order valence-corrected chi connectivity index (χ4v) is 3.71. The zero-order valence-electron chi connectivity index (χ0n) is 11.9. The summed E-state index contributed by atoms with van der Waals surface area (Å²) in [7, 11) is -1.69. The molecule has 0 aromatic heterocycles. The van der Waals surface area contributed by atoms with Crippen molar-refractivity contribution in [3.63, 3.8) is 0 Å². The number of hydrogen-bond donors (Lipinski definition) is 0. The lowest BCUT2D eigenvalue weighted by molar-refractivity contribution is -0.113. The molecular weight excluding hydrogens is 340 g/mol. The largest absolute Gasteiger partial charge is 0.546 e. The van der Waals surface area contributed by atoms with Crippen molar-refractivity contribution < 1.29 is 9.22 Å². The number of rotatable bonds is 5. The standard InChI is InChI=1S/C14H19BrO2SSi/c1-10(16)14(11(2)17-19(3,4)5)18-13-8-6-12(15)7-9-13/h6-9H,1-5H3/b14-11+. The topological polar surface area (TPSA) is 26.3 Å². The summed E-state index contributed by atoms with van der Waals surface area (Å²) < 4.78 is 6.95. The summed E-state index contributed by atoms with van der Waals surface area (Å²) in [6.07, 6.45) is 0. The smallest absolute Gasteiger partial charge is 0.241 e. The van der Waals surface area contributed by atoms with E-state index in [-0.39, 0.29) is 5.78 Å². The minimum absolute atomic E-state index is 0.0451. The van der Waals surface area contributed by atoms with E-state index in [0.717, 1.165) is 15.1 Å². The fourth-order valence-electron chi connectivity index (χ4n) is 1.52. The molecule has 0 atom stereocenters. The minimum Gasteiger partial charge on any atom is -0.546 e. The van der Waals surface area contributed by atoms with Crippen LogP contribution in [0.5, 0.6) is 0 Å². The summed E-state index contributed by atoms with van der Waals surface area (Å²) in [5.41, 5.74) is 0. The lowest BCUT2D eigenvalue weighted by atomic mass is 10.3. The number of ketones is 1. The first kappa shape index (κ1) is 16.5. The van der Waals surface area contributed by atoms with E-state index in [1.165, 1.54) is 11.8 Å². The lowest BCUT2D eigenvalue weighted by Crippen LogP contribution is -2.25. The Labute approximate surface area is 128 Å². The first-order valence-electron chi connectivity index (χ1n) is 6.03. The maximum atomic E-state index is 11.8. The molecule has 0 N–H and O–H groups in total. The molecule has 5 heteroatoms. The molecule has 0 aliphatic heterocycles. The number of benzene rings is 1. The van der Waals surface area contributed by atoms with E-state index in [0.29, 0.717) is 4.91 Å². The second kappa shape index (κ2) is 6.77. The van der Waals surface area contributed by atoms with Crippen molar-refractivity contribution in [1.29, 1.82) is 0 Å². The third-order valence-electron chi connectivity index (χ3n) is 2.13. The summed E-state index contributed by atoms with van der Waals surface area (Å²) >= 11 is 4.86. The molecule has 0 saturated carbocycles. The van der Waals surface area contributed by atoms with Gasteiger partial charge in [-0.3, -0.25) is 4.79 Å². The van der Waals surface area contributed by atoms with Crippen molar-refractivity contribution in [3.8, 4) is 0 Å². The average molecular weight is 359 g/mol. The van der Waals surface area contributed by atoms with Gasteiger partial charge in [0.05, 0.1) is 10.7 Å². The predicted octanol–water partition coefficient (Wildman–Crippen LogP) is 5.21. The quantitative estimate of drug-likeness (QED) is 0.312. The second-order valence-electron chi connectivity index (χ2n) is 5.21. The van der Waals surface area contributed by atoms with Crippen LogP contribution in [-0.2, 0) is 9.22 Å². The first-order valence-corrected chi connectivity index (χ1v) is 11.0. The van der Waals surface area contributed by atoms with Gasteiger partial charge in [0, 0.05) is 9.37 Å². The van der Waals surface area contributed by atoms with Gasteiger partial charge in [-0.2, -0.15) is 0 Å². The highest BCUT2D eigenvalue weighted by molar-refractivity contribution is 9.10. The van der Waals surface area contributed by atoms with Crippen LogP contribution < -0.4 is 0 Å². The molecule has 1 rings (SSSR count). The van der Waals surface area contributed by atoms with Crippen molar-refractivity contribution in [2.75, 3.05) is 0 Å². The predicted molar refractivity (Wildman–Crippen MR) is 87.8 cm³/mol. The van der Waals surface area contributed by atoms with Gasteiger partial charge in [-0.05, 0) is 57.8 Å². The Morgan fingerprint density at radius 2 is 1.68 bits per heavy atom. The van der Waals surface area contributed by atoms with Gasteiger partial charge >= 0.3 is 0 Å². The number of Topliss-reactive ketones (excluding diaryl/α,β-unsaturated/α-hetero) is 1. The maximum Gasteiger partial charge on any atom is 0.241 e. The van der Waals surface area contributed by atoms with Crippen molar-refractivity contribution in [3.05, 3.63) is 39.4 Å². The van der Waals surface area contributed by atoms with Crippen LogP contribution in [0.25, 0.3) is 0 Å². The van der Waals surface area contributed by atoms with Crippen molar-refractivity contribution in [2.24, 2.45) is 0 Å². The first-order chi connectivity index (χ1) is 8.69. The number of allylic oxidation sites excluding steroid dienone is 2. The Hall–Kier alpha value is -0.523. The molecule has 0 unspecified atom stereocenters. The van der Waals surface area contributed by atoms with Crippen LogP contribution in [-0.4, -0.2) is 14.1 Å². The number of halogens is 1. The van der Waals surface area contributed by atoms with E-state index in [9.17, 15) is 4.79 Å². The molecule has 104 valence electrons. The van der Waals surface area contributed by atoms with E-state index < -0.39 is 8.32 Å². The van der Waals surface area contributed by atoms with Crippen LogP contribution in [0.1, 0.15) is 13.8 Å². The summed E-state index contributed by atoms with van der Waals surface area (Å²) in [5.74, 6) is 0.781. The molecule has 0 heterocycles. The Morgan fingerprint density at radius 1 is 1.16 bits per heavy atom. The van der Waals surface area contributed by atoms with Gasteiger partial charge in [0.1, 0.15) is 0 Å². The highest BCUT2D eigenvalue weighted by atomic mass is 79.9. The number of carbonyl (C=O) groups is 1. The summed E-state index contributed by atoms with van der Waals surface area (Å²) in [6.45, 7) is 9.79. The van der Waals surface area contributed by atoms with Crippen molar-refractivity contribution in [1.82, 2.24) is 0 Å². The van der Waals surface area contributed by atoms with Gasteiger partial charge in [-0.15, -0.1) is 0 Å². The van der Waals surface area contributed by atoms with Crippen LogP contribution in [0, 0.1) is 0 Å². The van der Waals surface area contributed by atoms with Crippen LogP contribution >= 0.6 is 27.7 Å². The zero-order chi connectivity index (χ0) is 14.6. The van der Waals surface area contributed by atoms with Gasteiger partial charge in [-0.1, -0.05) is 27.7 Å². The van der Waals surface area contributed by atoms with Gasteiger partial charge < -0.3 is 4.43 Å². The van der Waals surface area contributed by atoms with E-state index in [2.05, 4.69) is 35.6 Å². The monoisotopic (exact) mass is 358 g/mol. The molecular formula is C14H19BrO2SSi. The Bertz CT molecular complexity index is 489. The summed E-state index contributed by atoms with van der Waals surface area (Å²) in [5, 5.41) is 0. The Morgan fingerprint density at radius 3 is 2.11 bits per heavy atom. The van der Waals surface area contributed by atoms with E-state index in [1.54, 1.807) is 6.92 Å². The number of carbonyl (C=O) groups excluding carboxylic acids is 1. The SMILES string of the molecule is CC(=O)/C(Sc1ccc(Br)cc1)=C(/C)O[Si](C)(C)C. The molecule has 1 aromatic carbocycles. The summed E-state index contributed by atoms with van der Waals surface area (Å²) in [6, 6.07) is 7.91. The zero-order valence-corrected chi connectivity index (χ0v) is 15.3. The van der Waals surface area contributed by atoms with Crippen LogP contribution in [0.4, 0.5) is 0 Å². The van der Waals surface area contributed by atoms with Crippen LogP contribution in [0.15, 0.2) is 44.3 Å². The van der Waals surface area contributed by atoms with Crippen molar-refractivity contribution in [2.45, 2.75) is 38.4 Å². The lowest BCUT2D eigenvalue weighted by Gasteiger charge is -2.21. The van der Waals surface area contributed by atoms with Crippen LogP contribution in [0.2, 0.25) is 19.6 Å². The van der Waals surface area contributed by atoms with Gasteiger partial charge in [0.25, 0.3) is 0 Å². The summed E-state index contributed by atoms with van der Waals surface area (Å²) in [4.78, 5) is 13.5. The molecule has 0 aliphatic rings. The van der Waals surface area contributed by atoms with Crippen LogP contribution in [0.3, 0.4) is 0 Å². The fraction of sp³-hybridized carbons (Fsp3) is 0.357. The molecule has 0 aliphatic carbocycles. The van der Waals surface area contributed by atoms with E-state index in [4.69, 9.17) is 4.43 Å². The Kier molecular flexibility index (Phi) is 5.89. The average Bonchev–Trinajstić information content (AvgIpc) is 2.25. The normalized spacial score (nSPS) is 12.9. The third kappa shape index (κ3) is 5.97. The number of hydrogen-bond acceptors (Lipinski definition) is 3. The molecule has 19 heavy (non-hydrogen) atoms. The minimum atomic E-state index is -1.69. The highest BCUT2D eigenvalue weighted by Gasteiger charge is 2.20. The molecule has 0 spiro atoms. The third-order valence-corrected chi connectivity index (χ3v) is 4.87. The van der Waals surface area contributed by atoms with Gasteiger partial charge in [-0.25, -0.2) is 0 Å². The molecule has 0 amide bonds. The molecule has 0 fully saturated rings. The van der Waals surface area contributed by atoms with E-state index in [1.807, 2.05) is 31.2 Å². The maximum absolute atomic E-state index is 11.8. The number of thioether (sulfide) groups is 1. The molecule has 1 aromatic rings. The van der Waals surface area contributed by atoms with Gasteiger partial charge in [0.15, 0.2) is 5.78 Å². The molecule has 2 nitrogen and oxygen atoms in total. The molecule has 0 bridgehead atoms. The van der Waals surface area contributed by atoms with Crippen molar-refractivity contribution >= 4 is 41.8 Å².